The molecule has 0 radical (unpaired) electrons. The Morgan fingerprint density at radius 2 is 2.25 bits per heavy atom. The molecular weight excluding hydrogens is 164 g/mol. The molecule has 2 nitrogen and oxygen atoms in total. The van der Waals surface area contributed by atoms with Gasteiger partial charge in [0.25, 0.3) is 0 Å². The van der Waals surface area contributed by atoms with Gasteiger partial charge in [-0.2, -0.15) is 8.78 Å². The fourth-order valence-electron chi connectivity index (χ4n) is 1.77. The minimum atomic E-state index is -2.61. The Balaban J connectivity index is 2.16. The summed E-state index contributed by atoms with van der Waals surface area (Å²) in [7, 11) is 1.88. The summed E-state index contributed by atoms with van der Waals surface area (Å²) in [6, 6.07) is 0. The van der Waals surface area contributed by atoms with Crippen LogP contribution in [-0.2, 0) is 4.74 Å². The zero-order chi connectivity index (χ0) is 8.97. The van der Waals surface area contributed by atoms with Gasteiger partial charge < -0.3 is 10.1 Å². The van der Waals surface area contributed by atoms with Crippen LogP contribution in [0, 0.1) is 5.92 Å². The number of hydrogen-bond donors (Lipinski definition) is 1. The zero-order valence-corrected chi connectivity index (χ0v) is 7.22. The number of hydrogen-bond acceptors (Lipinski definition) is 2. The van der Waals surface area contributed by atoms with Crippen LogP contribution >= 0.6 is 0 Å². The molecule has 0 saturated heterocycles. The highest BCUT2D eigenvalue weighted by molar-refractivity contribution is 4.76. The van der Waals surface area contributed by atoms with Crippen molar-refractivity contribution in [2.75, 3.05) is 13.6 Å². The maximum atomic E-state index is 11.8. The molecule has 2 atom stereocenters. The van der Waals surface area contributed by atoms with Crippen LogP contribution in [0.1, 0.15) is 19.3 Å². The Bertz CT molecular complexity index is 132. The molecule has 1 rings (SSSR count). The molecule has 12 heavy (non-hydrogen) atoms. The summed E-state index contributed by atoms with van der Waals surface area (Å²) < 4.78 is 28.0. The highest BCUT2D eigenvalue weighted by Crippen LogP contribution is 2.28. The molecule has 0 heterocycles. The molecule has 0 aliphatic heterocycles. The molecule has 1 aliphatic carbocycles. The van der Waals surface area contributed by atoms with Crippen molar-refractivity contribution in [3.63, 3.8) is 0 Å². The number of ether oxygens (including phenoxy) is 1. The van der Waals surface area contributed by atoms with E-state index in [-0.39, 0.29) is 6.10 Å². The molecule has 1 saturated carbocycles. The first-order valence-corrected chi connectivity index (χ1v) is 4.30. The topological polar surface area (TPSA) is 21.3 Å². The van der Waals surface area contributed by atoms with Gasteiger partial charge in [0.2, 0.25) is 0 Å². The molecule has 0 aromatic heterocycles. The molecule has 0 bridgehead atoms. The Kier molecular flexibility index (Phi) is 3.88. The predicted molar refractivity (Wildman–Crippen MR) is 42.1 cm³/mol. The van der Waals surface area contributed by atoms with Crippen molar-refractivity contribution < 1.29 is 13.5 Å². The minimum absolute atomic E-state index is 0.219. The number of rotatable bonds is 4. The van der Waals surface area contributed by atoms with E-state index in [0.717, 1.165) is 25.8 Å². The smallest absolute Gasteiger partial charge is 0.320 e. The maximum absolute atomic E-state index is 11.8. The van der Waals surface area contributed by atoms with E-state index in [9.17, 15) is 8.78 Å². The van der Waals surface area contributed by atoms with E-state index in [1.54, 1.807) is 0 Å². The molecule has 0 amide bonds. The van der Waals surface area contributed by atoms with E-state index in [2.05, 4.69) is 10.1 Å². The first-order valence-electron chi connectivity index (χ1n) is 4.30. The van der Waals surface area contributed by atoms with Crippen molar-refractivity contribution >= 4 is 0 Å². The van der Waals surface area contributed by atoms with Gasteiger partial charge in [0.15, 0.2) is 0 Å². The van der Waals surface area contributed by atoms with Gasteiger partial charge in [-0.15, -0.1) is 0 Å². The summed E-state index contributed by atoms with van der Waals surface area (Å²) in [5.41, 5.74) is 0. The standard InChI is InChI=1S/C8H15F2NO/c1-11-5-6-2-3-7(4-6)12-8(9)10/h6-8,11H,2-5H2,1H3. The molecule has 0 aromatic carbocycles. The van der Waals surface area contributed by atoms with Gasteiger partial charge in [-0.1, -0.05) is 0 Å². The second-order valence-corrected chi connectivity index (χ2v) is 3.26. The molecule has 1 fully saturated rings. The summed E-state index contributed by atoms with van der Waals surface area (Å²) in [5, 5.41) is 3.04. The Hall–Kier alpha value is -0.220. The van der Waals surface area contributed by atoms with Gasteiger partial charge in [0, 0.05) is 0 Å². The highest BCUT2D eigenvalue weighted by Gasteiger charge is 2.26. The van der Waals surface area contributed by atoms with E-state index >= 15 is 0 Å². The van der Waals surface area contributed by atoms with Crippen molar-refractivity contribution in [1.29, 1.82) is 0 Å². The summed E-state index contributed by atoms with van der Waals surface area (Å²) in [5.74, 6) is 0.513. The van der Waals surface area contributed by atoms with Crippen LogP contribution in [-0.4, -0.2) is 26.3 Å². The summed E-state index contributed by atoms with van der Waals surface area (Å²) >= 11 is 0. The lowest BCUT2D eigenvalue weighted by atomic mass is 10.1. The third kappa shape index (κ3) is 3.03. The van der Waals surface area contributed by atoms with Gasteiger partial charge >= 0.3 is 6.61 Å². The van der Waals surface area contributed by atoms with Gasteiger partial charge in [0.05, 0.1) is 6.10 Å². The van der Waals surface area contributed by atoms with Crippen LogP contribution in [0.3, 0.4) is 0 Å². The second kappa shape index (κ2) is 4.72. The summed E-state index contributed by atoms with van der Waals surface area (Å²) in [4.78, 5) is 0. The molecule has 1 aliphatic rings. The Labute approximate surface area is 71.3 Å². The molecule has 0 spiro atoms. The van der Waals surface area contributed by atoms with Crippen molar-refractivity contribution in [1.82, 2.24) is 5.32 Å². The predicted octanol–water partition coefficient (Wildman–Crippen LogP) is 1.61. The summed E-state index contributed by atoms with van der Waals surface area (Å²) in [6.45, 7) is -1.70. The largest absolute Gasteiger partial charge is 0.345 e. The average molecular weight is 179 g/mol. The Morgan fingerprint density at radius 1 is 1.50 bits per heavy atom. The van der Waals surface area contributed by atoms with Crippen LogP contribution in [0.25, 0.3) is 0 Å². The second-order valence-electron chi connectivity index (χ2n) is 3.26. The number of alkyl halides is 2. The van der Waals surface area contributed by atoms with E-state index in [1.807, 2.05) is 7.05 Å². The normalized spacial score (nSPS) is 30.0. The van der Waals surface area contributed by atoms with E-state index in [0.29, 0.717) is 5.92 Å². The summed E-state index contributed by atoms with van der Waals surface area (Å²) in [6.07, 6.45) is 2.32. The van der Waals surface area contributed by atoms with E-state index in [4.69, 9.17) is 0 Å². The number of nitrogens with one attached hydrogen (secondary N) is 1. The van der Waals surface area contributed by atoms with Crippen molar-refractivity contribution in [2.45, 2.75) is 32.0 Å². The van der Waals surface area contributed by atoms with Crippen molar-refractivity contribution in [2.24, 2.45) is 5.92 Å². The molecule has 72 valence electrons. The third-order valence-corrected chi connectivity index (χ3v) is 2.28. The van der Waals surface area contributed by atoms with Crippen LogP contribution in [0.4, 0.5) is 8.78 Å². The van der Waals surface area contributed by atoms with Gasteiger partial charge in [0.1, 0.15) is 0 Å². The lowest BCUT2D eigenvalue weighted by Crippen LogP contribution is -2.18. The Morgan fingerprint density at radius 3 is 2.83 bits per heavy atom. The molecule has 2 unspecified atom stereocenters. The van der Waals surface area contributed by atoms with Gasteiger partial charge in [-0.3, -0.25) is 0 Å². The number of halogens is 2. The SMILES string of the molecule is CNCC1CCC(OC(F)F)C1. The molecule has 1 N–H and O–H groups in total. The molecule has 4 heteroatoms. The van der Waals surface area contributed by atoms with Crippen LogP contribution < -0.4 is 5.32 Å². The lowest BCUT2D eigenvalue weighted by Gasteiger charge is -2.11. The third-order valence-electron chi connectivity index (χ3n) is 2.28. The first-order chi connectivity index (χ1) is 5.72. The first kappa shape index (κ1) is 9.86. The fraction of sp³-hybridized carbons (Fsp3) is 1.00. The van der Waals surface area contributed by atoms with E-state index < -0.39 is 6.61 Å². The van der Waals surface area contributed by atoms with Crippen LogP contribution in [0.15, 0.2) is 0 Å². The van der Waals surface area contributed by atoms with Crippen LogP contribution in [0.5, 0.6) is 0 Å². The minimum Gasteiger partial charge on any atom is -0.320 e. The molecular formula is C8H15F2NO. The quantitative estimate of drug-likeness (QED) is 0.708. The fourth-order valence-corrected chi connectivity index (χ4v) is 1.77. The van der Waals surface area contributed by atoms with Crippen molar-refractivity contribution in [3.8, 4) is 0 Å². The average Bonchev–Trinajstić information content (AvgIpc) is 2.36. The lowest BCUT2D eigenvalue weighted by molar-refractivity contribution is -0.161. The van der Waals surface area contributed by atoms with Gasteiger partial charge in [-0.25, -0.2) is 0 Å². The monoisotopic (exact) mass is 179 g/mol. The van der Waals surface area contributed by atoms with E-state index in [1.165, 1.54) is 0 Å². The zero-order valence-electron chi connectivity index (χ0n) is 7.22. The van der Waals surface area contributed by atoms with Gasteiger partial charge in [-0.05, 0) is 38.8 Å². The van der Waals surface area contributed by atoms with Crippen LogP contribution in [0.2, 0.25) is 0 Å². The highest BCUT2D eigenvalue weighted by atomic mass is 19.3. The molecule has 0 aromatic rings. The van der Waals surface area contributed by atoms with Crippen molar-refractivity contribution in [3.05, 3.63) is 0 Å². The maximum Gasteiger partial charge on any atom is 0.345 e.